The molecule has 122 valence electrons. The van der Waals surface area contributed by atoms with Crippen molar-refractivity contribution in [2.45, 2.75) is 12.8 Å². The summed E-state index contributed by atoms with van der Waals surface area (Å²) in [6.45, 7) is 1.45. The number of nitrogens with zero attached hydrogens (tertiary/aromatic N) is 2. The van der Waals surface area contributed by atoms with Gasteiger partial charge in [0.05, 0.1) is 12.8 Å². The van der Waals surface area contributed by atoms with Crippen LogP contribution in [0.25, 0.3) is 11.3 Å². The van der Waals surface area contributed by atoms with Crippen molar-refractivity contribution in [3.05, 3.63) is 36.0 Å². The number of amides is 1. The first kappa shape index (κ1) is 15.6. The Kier molecular flexibility index (Phi) is 4.62. The highest BCUT2D eigenvalue weighted by molar-refractivity contribution is 5.93. The van der Waals surface area contributed by atoms with E-state index in [0.29, 0.717) is 17.9 Å². The lowest BCUT2D eigenvalue weighted by Crippen LogP contribution is -2.41. The zero-order valence-electron chi connectivity index (χ0n) is 13.2. The van der Waals surface area contributed by atoms with Crippen molar-refractivity contribution in [2.75, 3.05) is 26.8 Å². The average Bonchev–Trinajstić information content (AvgIpc) is 3.11. The second kappa shape index (κ2) is 6.83. The number of carbonyl (C=O) groups excluding carboxylic acids is 1. The predicted molar refractivity (Wildman–Crippen MR) is 86.3 cm³/mol. The molecule has 0 spiro atoms. The molecule has 0 aliphatic carbocycles. The van der Waals surface area contributed by atoms with Gasteiger partial charge in [-0.05, 0) is 37.0 Å². The first-order chi connectivity index (χ1) is 11.2. The Morgan fingerprint density at radius 1 is 1.48 bits per heavy atom. The van der Waals surface area contributed by atoms with Crippen molar-refractivity contribution in [3.63, 3.8) is 0 Å². The molecule has 0 saturated carbocycles. The number of hydrogen-bond donors (Lipinski definition) is 2. The molecule has 3 rings (SSSR count). The minimum absolute atomic E-state index is 0.0650. The number of methoxy groups -OCH3 is 1. The number of likely N-dealkylation sites (tertiary alicyclic amines) is 1. The second-order valence-corrected chi connectivity index (χ2v) is 5.84. The molecule has 6 nitrogen and oxygen atoms in total. The van der Waals surface area contributed by atoms with Crippen LogP contribution in [0.2, 0.25) is 0 Å². The van der Waals surface area contributed by atoms with Gasteiger partial charge in [0.25, 0.3) is 5.91 Å². The number of rotatable bonds is 4. The van der Waals surface area contributed by atoms with Crippen LogP contribution >= 0.6 is 0 Å². The fourth-order valence-electron chi connectivity index (χ4n) is 2.93. The van der Waals surface area contributed by atoms with Gasteiger partial charge in [-0.2, -0.15) is 5.10 Å². The second-order valence-electron chi connectivity index (χ2n) is 5.84. The molecule has 23 heavy (non-hydrogen) atoms. The molecule has 1 aliphatic rings. The van der Waals surface area contributed by atoms with Crippen LogP contribution in [0, 0.1) is 5.92 Å². The number of aliphatic hydroxyl groups is 1. The minimum atomic E-state index is -0.0650. The Balaban J connectivity index is 1.77. The van der Waals surface area contributed by atoms with E-state index in [1.165, 1.54) is 0 Å². The molecule has 6 heteroatoms. The van der Waals surface area contributed by atoms with Crippen LogP contribution in [-0.2, 0) is 0 Å². The molecule has 1 aromatic heterocycles. The summed E-state index contributed by atoms with van der Waals surface area (Å²) in [5.41, 5.74) is 2.08. The Hall–Kier alpha value is -2.34. The Morgan fingerprint density at radius 3 is 3.13 bits per heavy atom. The van der Waals surface area contributed by atoms with Gasteiger partial charge >= 0.3 is 0 Å². The lowest BCUT2D eigenvalue weighted by Gasteiger charge is -2.31. The zero-order valence-corrected chi connectivity index (χ0v) is 13.2. The molecule has 1 fully saturated rings. The Morgan fingerprint density at radius 2 is 2.35 bits per heavy atom. The maximum atomic E-state index is 12.6. The highest BCUT2D eigenvalue weighted by Crippen LogP contribution is 2.24. The van der Waals surface area contributed by atoms with Crippen LogP contribution in [0.3, 0.4) is 0 Å². The van der Waals surface area contributed by atoms with Crippen molar-refractivity contribution >= 4 is 5.91 Å². The normalized spacial score (nSPS) is 18.0. The summed E-state index contributed by atoms with van der Waals surface area (Å²) < 4.78 is 5.21. The quantitative estimate of drug-likeness (QED) is 0.903. The Labute approximate surface area is 135 Å². The highest BCUT2D eigenvalue weighted by atomic mass is 16.5. The number of piperidine rings is 1. The molecule has 1 saturated heterocycles. The molecular formula is C17H21N3O3. The van der Waals surface area contributed by atoms with E-state index >= 15 is 0 Å². The molecule has 1 unspecified atom stereocenters. The summed E-state index contributed by atoms with van der Waals surface area (Å²) in [6.07, 6.45) is 1.90. The molecule has 0 radical (unpaired) electrons. The van der Waals surface area contributed by atoms with Crippen LogP contribution < -0.4 is 4.74 Å². The van der Waals surface area contributed by atoms with Gasteiger partial charge in [0.15, 0.2) is 0 Å². The third-order valence-electron chi connectivity index (χ3n) is 4.24. The summed E-state index contributed by atoms with van der Waals surface area (Å²) >= 11 is 0. The standard InChI is InChI=1S/C17H21N3O3/c1-23-14-6-2-5-13(8-14)15-9-16(19-18-15)17(22)20-7-3-4-12(10-20)11-21/h2,5-6,8-9,12,21H,3-4,7,10-11H2,1H3,(H,18,19). The van der Waals surface area contributed by atoms with E-state index in [-0.39, 0.29) is 18.4 Å². The third-order valence-corrected chi connectivity index (χ3v) is 4.24. The monoisotopic (exact) mass is 315 g/mol. The number of hydrogen-bond acceptors (Lipinski definition) is 4. The first-order valence-electron chi connectivity index (χ1n) is 7.81. The smallest absolute Gasteiger partial charge is 0.271 e. The minimum Gasteiger partial charge on any atom is -0.497 e. The fraction of sp³-hybridized carbons (Fsp3) is 0.412. The number of carbonyl (C=O) groups is 1. The maximum Gasteiger partial charge on any atom is 0.271 e. The third kappa shape index (κ3) is 3.37. The van der Waals surface area contributed by atoms with E-state index in [4.69, 9.17) is 4.74 Å². The number of aromatic nitrogens is 2. The lowest BCUT2D eigenvalue weighted by atomic mass is 9.99. The van der Waals surface area contributed by atoms with Crippen LogP contribution in [-0.4, -0.2) is 52.9 Å². The SMILES string of the molecule is COc1cccc(-c2cc(C(=O)N3CCCC(CO)C3)[nH]n2)c1. The molecule has 2 aromatic rings. The van der Waals surface area contributed by atoms with E-state index in [0.717, 1.165) is 30.7 Å². The number of benzene rings is 1. The molecule has 1 aromatic carbocycles. The molecular weight excluding hydrogens is 294 g/mol. The Bertz CT molecular complexity index is 683. The summed E-state index contributed by atoms with van der Waals surface area (Å²) in [5.74, 6) is 0.860. The van der Waals surface area contributed by atoms with E-state index < -0.39 is 0 Å². The van der Waals surface area contributed by atoms with Gasteiger partial charge in [-0.3, -0.25) is 9.89 Å². The van der Waals surface area contributed by atoms with Gasteiger partial charge in [0, 0.05) is 25.3 Å². The maximum absolute atomic E-state index is 12.6. The van der Waals surface area contributed by atoms with Gasteiger partial charge < -0.3 is 14.7 Å². The number of nitrogens with one attached hydrogen (secondary N) is 1. The largest absolute Gasteiger partial charge is 0.497 e. The van der Waals surface area contributed by atoms with Crippen LogP contribution in [0.15, 0.2) is 30.3 Å². The van der Waals surface area contributed by atoms with Crippen LogP contribution in [0.4, 0.5) is 0 Å². The predicted octanol–water partition coefficient (Wildman–Crippen LogP) is 1.93. The van der Waals surface area contributed by atoms with Gasteiger partial charge in [0.1, 0.15) is 11.4 Å². The van der Waals surface area contributed by atoms with Gasteiger partial charge in [-0.15, -0.1) is 0 Å². The zero-order chi connectivity index (χ0) is 16.2. The molecule has 1 atom stereocenters. The van der Waals surface area contributed by atoms with Crippen molar-refractivity contribution in [2.24, 2.45) is 5.92 Å². The van der Waals surface area contributed by atoms with Crippen molar-refractivity contribution in [1.29, 1.82) is 0 Å². The molecule has 2 N–H and O–H groups in total. The molecule has 2 heterocycles. The summed E-state index contributed by atoms with van der Waals surface area (Å²) in [7, 11) is 1.62. The molecule has 1 amide bonds. The van der Waals surface area contributed by atoms with Crippen molar-refractivity contribution in [1.82, 2.24) is 15.1 Å². The van der Waals surface area contributed by atoms with E-state index in [9.17, 15) is 9.90 Å². The molecule has 1 aliphatic heterocycles. The van der Waals surface area contributed by atoms with Crippen LogP contribution in [0.1, 0.15) is 23.3 Å². The fourth-order valence-corrected chi connectivity index (χ4v) is 2.93. The number of ether oxygens (including phenoxy) is 1. The van der Waals surface area contributed by atoms with Crippen molar-refractivity contribution in [3.8, 4) is 17.0 Å². The summed E-state index contributed by atoms with van der Waals surface area (Å²) in [4.78, 5) is 14.4. The van der Waals surface area contributed by atoms with Crippen molar-refractivity contribution < 1.29 is 14.6 Å². The number of aliphatic hydroxyl groups excluding tert-OH is 1. The topological polar surface area (TPSA) is 78.5 Å². The summed E-state index contributed by atoms with van der Waals surface area (Å²) in [5, 5.41) is 16.4. The van der Waals surface area contributed by atoms with E-state index in [1.807, 2.05) is 24.3 Å². The van der Waals surface area contributed by atoms with Crippen LogP contribution in [0.5, 0.6) is 5.75 Å². The van der Waals surface area contributed by atoms with E-state index in [1.54, 1.807) is 18.1 Å². The van der Waals surface area contributed by atoms with Gasteiger partial charge in [0.2, 0.25) is 0 Å². The average molecular weight is 315 g/mol. The molecule has 0 bridgehead atoms. The van der Waals surface area contributed by atoms with Gasteiger partial charge in [-0.1, -0.05) is 12.1 Å². The summed E-state index contributed by atoms with van der Waals surface area (Å²) in [6, 6.07) is 9.33. The number of H-pyrrole nitrogens is 1. The number of aromatic amines is 1. The highest BCUT2D eigenvalue weighted by Gasteiger charge is 2.25. The lowest BCUT2D eigenvalue weighted by molar-refractivity contribution is 0.0615. The van der Waals surface area contributed by atoms with E-state index in [2.05, 4.69) is 10.2 Å². The van der Waals surface area contributed by atoms with Gasteiger partial charge in [-0.25, -0.2) is 0 Å². The first-order valence-corrected chi connectivity index (χ1v) is 7.81.